The van der Waals surface area contributed by atoms with Gasteiger partial charge in [-0.25, -0.2) is 9.67 Å². The van der Waals surface area contributed by atoms with E-state index in [0.29, 0.717) is 31.4 Å². The van der Waals surface area contributed by atoms with Crippen LogP contribution in [0.5, 0.6) is 5.75 Å². The molecular formula is C24H29N5O3. The average molecular weight is 436 g/mol. The molecule has 3 aromatic rings. The van der Waals surface area contributed by atoms with Crippen LogP contribution >= 0.6 is 0 Å². The number of aryl methyl sites for hydroxylation is 2. The maximum atomic E-state index is 13.2. The zero-order valence-corrected chi connectivity index (χ0v) is 18.6. The van der Waals surface area contributed by atoms with Crippen LogP contribution in [0, 0.1) is 19.8 Å². The molecule has 168 valence electrons. The number of hydrogen-bond donors (Lipinski definition) is 0. The summed E-state index contributed by atoms with van der Waals surface area (Å²) in [6, 6.07) is 13.6. The number of nitrogens with zero attached hydrogens (tertiary/aromatic N) is 5. The highest BCUT2D eigenvalue weighted by atomic mass is 16.5. The first kappa shape index (κ1) is 22.0. The fourth-order valence-electron chi connectivity index (χ4n) is 3.74. The normalized spacial score (nSPS) is 15.6. The first-order chi connectivity index (χ1) is 15.6. The smallest absolute Gasteiger partial charge is 0.245 e. The first-order valence-corrected chi connectivity index (χ1v) is 10.9. The lowest BCUT2D eigenvalue weighted by Gasteiger charge is -2.23. The third kappa shape index (κ3) is 5.91. The van der Waals surface area contributed by atoms with Crippen LogP contribution in [0.2, 0.25) is 0 Å². The molecule has 0 bridgehead atoms. The number of benzene rings is 1. The molecule has 8 nitrogen and oxygen atoms in total. The topological polar surface area (TPSA) is 82.4 Å². The van der Waals surface area contributed by atoms with E-state index in [0.717, 1.165) is 42.5 Å². The minimum absolute atomic E-state index is 0.0434. The molecule has 0 aliphatic carbocycles. The molecule has 1 atom stereocenters. The van der Waals surface area contributed by atoms with Crippen molar-refractivity contribution in [2.75, 3.05) is 19.8 Å². The van der Waals surface area contributed by atoms with E-state index in [-0.39, 0.29) is 12.5 Å². The summed E-state index contributed by atoms with van der Waals surface area (Å²) in [5, 5.41) is 4.34. The predicted octanol–water partition coefficient (Wildman–Crippen LogP) is 2.93. The summed E-state index contributed by atoms with van der Waals surface area (Å²) in [5.41, 5.74) is 1.84. The maximum Gasteiger partial charge on any atom is 0.245 e. The molecule has 3 heterocycles. The van der Waals surface area contributed by atoms with E-state index in [1.807, 2.05) is 56.3 Å². The highest BCUT2D eigenvalue weighted by molar-refractivity contribution is 5.76. The van der Waals surface area contributed by atoms with Gasteiger partial charge in [-0.3, -0.25) is 9.78 Å². The van der Waals surface area contributed by atoms with E-state index in [1.165, 1.54) is 0 Å². The Morgan fingerprint density at radius 1 is 1.22 bits per heavy atom. The van der Waals surface area contributed by atoms with E-state index in [2.05, 4.69) is 15.1 Å². The Hall–Kier alpha value is -3.26. The van der Waals surface area contributed by atoms with E-state index >= 15 is 0 Å². The third-order valence-electron chi connectivity index (χ3n) is 5.46. The van der Waals surface area contributed by atoms with Gasteiger partial charge >= 0.3 is 0 Å². The van der Waals surface area contributed by atoms with E-state index in [1.54, 1.807) is 15.8 Å². The number of rotatable bonds is 9. The van der Waals surface area contributed by atoms with Gasteiger partial charge in [0.1, 0.15) is 23.9 Å². The van der Waals surface area contributed by atoms with Crippen LogP contribution in [0.25, 0.3) is 0 Å². The highest BCUT2D eigenvalue weighted by Crippen LogP contribution is 2.19. The summed E-state index contributed by atoms with van der Waals surface area (Å²) >= 11 is 0. The minimum atomic E-state index is -0.0434. The Balaban J connectivity index is 1.47. The number of amides is 1. The van der Waals surface area contributed by atoms with Gasteiger partial charge in [0.05, 0.1) is 25.5 Å². The van der Waals surface area contributed by atoms with Crippen LogP contribution < -0.4 is 4.74 Å². The molecule has 1 amide bonds. The predicted molar refractivity (Wildman–Crippen MR) is 119 cm³/mol. The van der Waals surface area contributed by atoms with Gasteiger partial charge in [0.2, 0.25) is 5.91 Å². The summed E-state index contributed by atoms with van der Waals surface area (Å²) in [6.07, 6.45) is 2.78. The average Bonchev–Trinajstić information content (AvgIpc) is 3.42. The first-order valence-electron chi connectivity index (χ1n) is 10.9. The number of hydrogen-bond acceptors (Lipinski definition) is 6. The fourth-order valence-corrected chi connectivity index (χ4v) is 3.74. The zero-order chi connectivity index (χ0) is 22.3. The second-order valence-corrected chi connectivity index (χ2v) is 8.12. The highest BCUT2D eigenvalue weighted by Gasteiger charge is 2.19. The van der Waals surface area contributed by atoms with Gasteiger partial charge in [-0.15, -0.1) is 0 Å². The van der Waals surface area contributed by atoms with Crippen molar-refractivity contribution in [1.82, 2.24) is 24.6 Å². The quantitative estimate of drug-likeness (QED) is 0.514. The van der Waals surface area contributed by atoms with Crippen molar-refractivity contribution in [3.05, 3.63) is 71.6 Å². The Bertz CT molecular complexity index is 1030. The number of carbonyl (C=O) groups excluding carboxylic acids is 1. The fraction of sp³-hybridized carbons (Fsp3) is 0.417. The van der Waals surface area contributed by atoms with Crippen molar-refractivity contribution in [1.29, 1.82) is 0 Å². The molecule has 1 saturated heterocycles. The third-order valence-corrected chi connectivity index (χ3v) is 5.46. The van der Waals surface area contributed by atoms with Crippen LogP contribution in [-0.4, -0.2) is 50.4 Å². The number of aromatic nitrogens is 4. The summed E-state index contributed by atoms with van der Waals surface area (Å²) in [7, 11) is 0. The van der Waals surface area contributed by atoms with Crippen LogP contribution in [0.4, 0.5) is 0 Å². The van der Waals surface area contributed by atoms with E-state index in [9.17, 15) is 4.79 Å². The second kappa shape index (κ2) is 10.4. The van der Waals surface area contributed by atoms with Crippen LogP contribution in [0.1, 0.15) is 29.3 Å². The van der Waals surface area contributed by atoms with Gasteiger partial charge in [0, 0.05) is 25.3 Å². The summed E-state index contributed by atoms with van der Waals surface area (Å²) < 4.78 is 13.1. The molecule has 4 rings (SSSR count). The van der Waals surface area contributed by atoms with Crippen LogP contribution in [-0.2, 0) is 29.2 Å². The number of pyridine rings is 1. The zero-order valence-electron chi connectivity index (χ0n) is 18.6. The molecule has 1 aliphatic heterocycles. The number of carbonyl (C=O) groups is 1. The molecule has 32 heavy (non-hydrogen) atoms. The van der Waals surface area contributed by atoms with Crippen molar-refractivity contribution in [2.24, 2.45) is 5.92 Å². The number of ether oxygens (including phenoxy) is 2. The van der Waals surface area contributed by atoms with Crippen molar-refractivity contribution < 1.29 is 14.3 Å². The lowest BCUT2D eigenvalue weighted by Crippen LogP contribution is -2.33. The summed E-state index contributed by atoms with van der Waals surface area (Å²) in [5.74, 6) is 2.58. The largest absolute Gasteiger partial charge is 0.493 e. The van der Waals surface area contributed by atoms with Crippen LogP contribution in [0.3, 0.4) is 0 Å². The molecule has 1 fully saturated rings. The van der Waals surface area contributed by atoms with E-state index in [4.69, 9.17) is 9.47 Å². The molecule has 8 heteroatoms. The Morgan fingerprint density at radius 3 is 2.84 bits per heavy atom. The molecule has 1 aromatic carbocycles. The second-order valence-electron chi connectivity index (χ2n) is 8.12. The van der Waals surface area contributed by atoms with Gasteiger partial charge in [-0.2, -0.15) is 5.10 Å². The van der Waals surface area contributed by atoms with Gasteiger partial charge in [-0.05, 0) is 50.1 Å². The van der Waals surface area contributed by atoms with Crippen molar-refractivity contribution in [3.63, 3.8) is 0 Å². The molecular weight excluding hydrogens is 406 g/mol. The molecule has 0 unspecified atom stereocenters. The molecule has 1 aliphatic rings. The maximum absolute atomic E-state index is 13.2. The van der Waals surface area contributed by atoms with Gasteiger partial charge in [0.15, 0.2) is 0 Å². The minimum Gasteiger partial charge on any atom is -0.493 e. The Labute approximate surface area is 188 Å². The standard InChI is InChI=1S/C24H29N5O3/c1-18-26-19(2)29(27-18)15-24(30)28(14-22-7-3-4-10-25-22)13-20-6-5-8-23(12-20)32-17-21-9-11-31-16-21/h3-8,10,12,21H,9,11,13-17H2,1-2H3/t21-/m0/s1. The summed E-state index contributed by atoms with van der Waals surface area (Å²) in [6.45, 7) is 6.89. The molecule has 0 spiro atoms. The monoisotopic (exact) mass is 435 g/mol. The van der Waals surface area contributed by atoms with E-state index < -0.39 is 0 Å². The summed E-state index contributed by atoms with van der Waals surface area (Å²) in [4.78, 5) is 23.7. The SMILES string of the molecule is Cc1nc(C)n(CC(=O)N(Cc2cccc(OC[C@H]3CCOC3)c2)Cc2ccccn2)n1. The lowest BCUT2D eigenvalue weighted by molar-refractivity contribution is -0.133. The van der Waals surface area contributed by atoms with Gasteiger partial charge in [0.25, 0.3) is 0 Å². The lowest BCUT2D eigenvalue weighted by atomic mass is 10.1. The Kier molecular flexibility index (Phi) is 7.11. The molecule has 0 radical (unpaired) electrons. The van der Waals surface area contributed by atoms with Crippen LogP contribution in [0.15, 0.2) is 48.7 Å². The van der Waals surface area contributed by atoms with Crippen molar-refractivity contribution in [2.45, 2.75) is 39.9 Å². The van der Waals surface area contributed by atoms with Crippen molar-refractivity contribution >= 4 is 5.91 Å². The molecule has 0 N–H and O–H groups in total. The van der Waals surface area contributed by atoms with Crippen molar-refractivity contribution in [3.8, 4) is 5.75 Å². The Morgan fingerprint density at radius 2 is 2.12 bits per heavy atom. The molecule has 0 saturated carbocycles. The molecule has 2 aromatic heterocycles. The van der Waals surface area contributed by atoms with Gasteiger partial charge in [-0.1, -0.05) is 18.2 Å². The van der Waals surface area contributed by atoms with Gasteiger partial charge < -0.3 is 14.4 Å².